The van der Waals surface area contributed by atoms with Gasteiger partial charge in [-0.05, 0) is 36.8 Å². The minimum absolute atomic E-state index is 0.0520. The molecule has 2 atom stereocenters. The highest BCUT2D eigenvalue weighted by molar-refractivity contribution is 7.99. The molecule has 1 aliphatic carbocycles. The van der Waals surface area contributed by atoms with Gasteiger partial charge in [0, 0.05) is 17.0 Å². The van der Waals surface area contributed by atoms with Crippen LogP contribution >= 0.6 is 11.8 Å². The third-order valence-electron chi connectivity index (χ3n) is 4.25. The zero-order valence-electron chi connectivity index (χ0n) is 11.7. The van der Waals surface area contributed by atoms with Crippen LogP contribution in [0.25, 0.3) is 0 Å². The normalized spacial score (nSPS) is 25.1. The Balaban J connectivity index is 1.80. The lowest BCUT2D eigenvalue weighted by atomic mass is 9.94. The molecule has 1 aromatic carbocycles. The average molecular weight is 291 g/mol. The molecule has 0 bridgehead atoms. The fourth-order valence-corrected chi connectivity index (χ4v) is 4.10. The fraction of sp³-hybridized carbons (Fsp3) is 0.533. The van der Waals surface area contributed by atoms with E-state index in [1.165, 1.54) is 25.7 Å². The summed E-state index contributed by atoms with van der Waals surface area (Å²) in [6.07, 6.45) is 7.66. The molecule has 2 unspecified atom stereocenters. The van der Waals surface area contributed by atoms with Gasteiger partial charge in [0.05, 0.1) is 17.8 Å². The summed E-state index contributed by atoms with van der Waals surface area (Å²) in [6, 6.07) is 4.38. The Morgan fingerprint density at radius 1 is 1.35 bits per heavy atom. The SMILES string of the molecule is CSC1CCCCC1Nc1cc2c(cc1N)CC(=O)N2. The van der Waals surface area contributed by atoms with Crippen LogP contribution in [0, 0.1) is 0 Å². The Morgan fingerprint density at radius 3 is 2.95 bits per heavy atom. The highest BCUT2D eigenvalue weighted by Gasteiger charge is 2.26. The lowest BCUT2D eigenvalue weighted by molar-refractivity contribution is -0.115. The van der Waals surface area contributed by atoms with E-state index in [9.17, 15) is 4.79 Å². The summed E-state index contributed by atoms with van der Waals surface area (Å²) in [5.74, 6) is 0.0520. The highest BCUT2D eigenvalue weighted by atomic mass is 32.2. The Kier molecular flexibility index (Phi) is 3.78. The summed E-state index contributed by atoms with van der Waals surface area (Å²) in [7, 11) is 0. The van der Waals surface area contributed by atoms with Crippen LogP contribution in [0.1, 0.15) is 31.2 Å². The number of amides is 1. The third-order valence-corrected chi connectivity index (χ3v) is 5.42. The van der Waals surface area contributed by atoms with E-state index in [0.29, 0.717) is 17.7 Å². The topological polar surface area (TPSA) is 67.1 Å². The van der Waals surface area contributed by atoms with E-state index < -0.39 is 0 Å². The van der Waals surface area contributed by atoms with E-state index in [2.05, 4.69) is 16.9 Å². The monoisotopic (exact) mass is 291 g/mol. The summed E-state index contributed by atoms with van der Waals surface area (Å²) in [6.45, 7) is 0. The number of hydrogen-bond donors (Lipinski definition) is 3. The molecule has 0 saturated heterocycles. The second-order valence-electron chi connectivity index (χ2n) is 5.63. The van der Waals surface area contributed by atoms with Crippen LogP contribution in [0.2, 0.25) is 0 Å². The van der Waals surface area contributed by atoms with Crippen molar-refractivity contribution in [3.05, 3.63) is 17.7 Å². The molecule has 1 aromatic rings. The second-order valence-corrected chi connectivity index (χ2v) is 6.71. The molecule has 5 heteroatoms. The zero-order chi connectivity index (χ0) is 14.1. The Labute approximate surface area is 123 Å². The average Bonchev–Trinajstić information content (AvgIpc) is 2.79. The van der Waals surface area contributed by atoms with Gasteiger partial charge in [-0.25, -0.2) is 0 Å². The van der Waals surface area contributed by atoms with Crippen molar-refractivity contribution in [2.75, 3.05) is 22.6 Å². The Bertz CT molecular complexity index is 532. The smallest absolute Gasteiger partial charge is 0.228 e. The maximum Gasteiger partial charge on any atom is 0.228 e. The van der Waals surface area contributed by atoms with Crippen molar-refractivity contribution >= 4 is 34.7 Å². The van der Waals surface area contributed by atoms with Crippen molar-refractivity contribution < 1.29 is 4.79 Å². The van der Waals surface area contributed by atoms with E-state index in [1.54, 1.807) is 0 Å². The van der Waals surface area contributed by atoms with Gasteiger partial charge in [-0.15, -0.1) is 0 Å². The van der Waals surface area contributed by atoms with E-state index >= 15 is 0 Å². The molecule has 20 heavy (non-hydrogen) atoms. The first kappa shape index (κ1) is 13.6. The summed E-state index contributed by atoms with van der Waals surface area (Å²) in [5.41, 5.74) is 9.74. The quantitative estimate of drug-likeness (QED) is 0.749. The van der Waals surface area contributed by atoms with Gasteiger partial charge in [0.1, 0.15) is 0 Å². The molecule has 1 aliphatic heterocycles. The van der Waals surface area contributed by atoms with E-state index in [4.69, 9.17) is 5.73 Å². The molecule has 4 nitrogen and oxygen atoms in total. The number of nitrogen functional groups attached to an aromatic ring is 1. The maximum absolute atomic E-state index is 11.4. The molecular formula is C15H21N3OS. The first-order valence-corrected chi connectivity index (χ1v) is 8.47. The summed E-state index contributed by atoms with van der Waals surface area (Å²) >= 11 is 1.93. The van der Waals surface area contributed by atoms with Gasteiger partial charge in [-0.3, -0.25) is 4.79 Å². The van der Waals surface area contributed by atoms with E-state index in [-0.39, 0.29) is 5.91 Å². The molecule has 0 aromatic heterocycles. The molecule has 4 N–H and O–H groups in total. The van der Waals surface area contributed by atoms with Crippen LogP contribution in [0.4, 0.5) is 17.1 Å². The molecule has 0 radical (unpaired) electrons. The largest absolute Gasteiger partial charge is 0.397 e. The van der Waals surface area contributed by atoms with Gasteiger partial charge in [-0.1, -0.05) is 12.8 Å². The molecule has 3 rings (SSSR count). The number of nitrogens with two attached hydrogens (primary N) is 1. The second kappa shape index (κ2) is 5.56. The predicted molar refractivity (Wildman–Crippen MR) is 86.4 cm³/mol. The van der Waals surface area contributed by atoms with Crippen molar-refractivity contribution in [3.8, 4) is 0 Å². The first-order valence-electron chi connectivity index (χ1n) is 7.19. The lowest BCUT2D eigenvalue weighted by Gasteiger charge is -2.32. The zero-order valence-corrected chi connectivity index (χ0v) is 12.6. The van der Waals surface area contributed by atoms with Crippen LogP contribution in [0.15, 0.2) is 12.1 Å². The fourth-order valence-electron chi connectivity index (χ4n) is 3.16. The number of carbonyl (C=O) groups excluding carboxylic acids is 1. The van der Waals surface area contributed by atoms with Crippen LogP contribution < -0.4 is 16.4 Å². The van der Waals surface area contributed by atoms with Crippen molar-refractivity contribution in [2.24, 2.45) is 0 Å². The molecule has 0 spiro atoms. The van der Waals surface area contributed by atoms with Gasteiger partial charge in [0.25, 0.3) is 0 Å². The molecule has 1 heterocycles. The number of benzene rings is 1. The predicted octanol–water partition coefficient (Wildman–Crippen LogP) is 2.85. The summed E-state index contributed by atoms with van der Waals surface area (Å²) in [4.78, 5) is 11.4. The number of anilines is 3. The van der Waals surface area contributed by atoms with Crippen LogP contribution in [0.5, 0.6) is 0 Å². The molecule has 1 amide bonds. The van der Waals surface area contributed by atoms with Crippen molar-refractivity contribution in [2.45, 2.75) is 43.4 Å². The minimum atomic E-state index is 0.0520. The van der Waals surface area contributed by atoms with Gasteiger partial charge >= 0.3 is 0 Å². The lowest BCUT2D eigenvalue weighted by Crippen LogP contribution is -2.34. The van der Waals surface area contributed by atoms with Gasteiger partial charge < -0.3 is 16.4 Å². The Morgan fingerprint density at radius 2 is 2.15 bits per heavy atom. The number of hydrogen-bond acceptors (Lipinski definition) is 4. The van der Waals surface area contributed by atoms with Gasteiger partial charge in [0.15, 0.2) is 0 Å². The molecule has 108 valence electrons. The van der Waals surface area contributed by atoms with Crippen molar-refractivity contribution in [1.82, 2.24) is 0 Å². The van der Waals surface area contributed by atoms with Gasteiger partial charge in [-0.2, -0.15) is 11.8 Å². The summed E-state index contributed by atoms with van der Waals surface area (Å²) in [5, 5.41) is 7.13. The van der Waals surface area contributed by atoms with Crippen molar-refractivity contribution in [3.63, 3.8) is 0 Å². The molecular weight excluding hydrogens is 270 g/mol. The number of fused-ring (bicyclic) bond motifs is 1. The number of carbonyl (C=O) groups is 1. The molecule has 1 fully saturated rings. The van der Waals surface area contributed by atoms with E-state index in [0.717, 1.165) is 22.6 Å². The summed E-state index contributed by atoms with van der Waals surface area (Å²) < 4.78 is 0. The van der Waals surface area contributed by atoms with Crippen LogP contribution in [-0.4, -0.2) is 23.5 Å². The highest BCUT2D eigenvalue weighted by Crippen LogP contribution is 2.35. The van der Waals surface area contributed by atoms with Crippen LogP contribution in [-0.2, 0) is 11.2 Å². The molecule has 1 saturated carbocycles. The maximum atomic E-state index is 11.4. The van der Waals surface area contributed by atoms with Crippen LogP contribution in [0.3, 0.4) is 0 Å². The number of rotatable bonds is 3. The standard InChI is InChI=1S/C15H21N3OS/c1-20-14-5-3-2-4-11(14)17-13-8-12-9(6-10(13)16)7-15(19)18-12/h6,8,11,14,17H,2-5,7,16H2,1H3,(H,18,19). The molecule has 2 aliphatic rings. The number of thioether (sulfide) groups is 1. The number of nitrogens with one attached hydrogen (secondary N) is 2. The minimum Gasteiger partial charge on any atom is -0.397 e. The third kappa shape index (κ3) is 2.59. The van der Waals surface area contributed by atoms with Crippen molar-refractivity contribution in [1.29, 1.82) is 0 Å². The first-order chi connectivity index (χ1) is 9.67. The van der Waals surface area contributed by atoms with Gasteiger partial charge in [0.2, 0.25) is 5.91 Å². The Hall–Kier alpha value is -1.36. The van der Waals surface area contributed by atoms with E-state index in [1.807, 2.05) is 23.9 Å².